The molecule has 0 saturated heterocycles. The first-order chi connectivity index (χ1) is 16.8. The first-order valence-electron chi connectivity index (χ1n) is 10.6. The van der Waals surface area contributed by atoms with Crippen LogP contribution in [-0.2, 0) is 10.0 Å². The van der Waals surface area contributed by atoms with Crippen LogP contribution in [0, 0.1) is 0 Å². The van der Waals surface area contributed by atoms with E-state index in [1.807, 2.05) is 6.07 Å². The van der Waals surface area contributed by atoms with Crippen molar-refractivity contribution in [2.24, 2.45) is 0 Å². The van der Waals surface area contributed by atoms with Crippen LogP contribution in [0.5, 0.6) is 11.5 Å². The number of fused-ring (bicyclic) bond motifs is 1. The van der Waals surface area contributed by atoms with Crippen LogP contribution in [0.15, 0.2) is 76.1 Å². The van der Waals surface area contributed by atoms with Crippen LogP contribution < -0.4 is 19.1 Å². The minimum absolute atomic E-state index is 0.210. The molecule has 1 amide bonds. The Morgan fingerprint density at radius 2 is 1.74 bits per heavy atom. The minimum Gasteiger partial charge on any atom is -0.497 e. The summed E-state index contributed by atoms with van der Waals surface area (Å²) in [6.07, 6.45) is 0. The second kappa shape index (κ2) is 10.3. The smallest absolute Gasteiger partial charge is 0.265 e. The third-order valence-corrected chi connectivity index (χ3v) is 8.92. The summed E-state index contributed by atoms with van der Waals surface area (Å²) < 4.78 is 40.1. The van der Waals surface area contributed by atoms with Gasteiger partial charge in [-0.25, -0.2) is 8.42 Å². The fourth-order valence-corrected chi connectivity index (χ4v) is 6.28. The van der Waals surface area contributed by atoms with Crippen molar-refractivity contribution in [2.45, 2.75) is 11.8 Å². The molecule has 0 aliphatic carbocycles. The Morgan fingerprint density at radius 1 is 1.00 bits per heavy atom. The number of carbonyl (C=O) groups is 1. The van der Waals surface area contributed by atoms with E-state index in [2.05, 4.69) is 21.2 Å². The number of rotatable bonds is 8. The lowest BCUT2D eigenvalue weighted by atomic mass is 10.2. The number of hydrogen-bond acceptors (Lipinski definition) is 6. The summed E-state index contributed by atoms with van der Waals surface area (Å²) in [6.45, 7) is 2.05. The largest absolute Gasteiger partial charge is 0.497 e. The second-order valence-corrected chi connectivity index (χ2v) is 11.3. The molecule has 0 atom stereocenters. The monoisotopic (exact) mass is 574 g/mol. The molecule has 1 heterocycles. The van der Waals surface area contributed by atoms with Crippen LogP contribution in [0.2, 0.25) is 0 Å². The Labute approximate surface area is 216 Å². The summed E-state index contributed by atoms with van der Waals surface area (Å²) in [5, 5.41) is 3.65. The molecule has 0 fully saturated rings. The highest BCUT2D eigenvalue weighted by Crippen LogP contribution is 2.34. The third kappa shape index (κ3) is 5.14. The molecular weight excluding hydrogens is 552 g/mol. The Morgan fingerprint density at radius 3 is 2.40 bits per heavy atom. The van der Waals surface area contributed by atoms with Crippen LogP contribution in [-0.4, -0.2) is 35.1 Å². The number of nitrogens with zero attached hydrogens (tertiary/aromatic N) is 1. The Hall–Kier alpha value is -3.08. The van der Waals surface area contributed by atoms with Gasteiger partial charge in [0.2, 0.25) is 0 Å². The lowest BCUT2D eigenvalue weighted by Crippen LogP contribution is -2.30. The van der Waals surface area contributed by atoms with Gasteiger partial charge in [0, 0.05) is 21.8 Å². The van der Waals surface area contributed by atoms with Crippen molar-refractivity contribution in [1.29, 1.82) is 0 Å². The van der Waals surface area contributed by atoms with Crippen molar-refractivity contribution in [3.05, 3.63) is 76.1 Å². The molecule has 1 N–H and O–H groups in total. The molecule has 0 bridgehead atoms. The van der Waals surface area contributed by atoms with Gasteiger partial charge < -0.3 is 14.8 Å². The fourth-order valence-electron chi connectivity index (χ4n) is 3.61. The molecule has 0 spiro atoms. The summed E-state index contributed by atoms with van der Waals surface area (Å²) in [6, 6.07) is 18.8. The highest BCUT2D eigenvalue weighted by atomic mass is 79.9. The zero-order valence-corrected chi connectivity index (χ0v) is 22.5. The Bertz CT molecular complexity index is 1480. The molecule has 1 aromatic heterocycles. The van der Waals surface area contributed by atoms with Crippen LogP contribution >= 0.6 is 27.3 Å². The van der Waals surface area contributed by atoms with Gasteiger partial charge in [-0.1, -0.05) is 15.9 Å². The number of sulfonamides is 1. The molecule has 7 nitrogen and oxygen atoms in total. The molecule has 0 saturated carbocycles. The van der Waals surface area contributed by atoms with Crippen molar-refractivity contribution in [3.63, 3.8) is 0 Å². The van der Waals surface area contributed by atoms with Crippen molar-refractivity contribution >= 4 is 64.7 Å². The molecule has 0 aliphatic rings. The van der Waals surface area contributed by atoms with E-state index in [-0.39, 0.29) is 17.3 Å². The fraction of sp³-hybridized carbons (Fsp3) is 0.160. The lowest BCUT2D eigenvalue weighted by Gasteiger charge is -2.23. The number of benzene rings is 3. The number of carbonyl (C=O) groups excluding carboxylic acids is 1. The van der Waals surface area contributed by atoms with Gasteiger partial charge >= 0.3 is 0 Å². The molecule has 4 rings (SSSR count). The first kappa shape index (κ1) is 25.0. The number of methoxy groups -OCH3 is 2. The molecule has 0 unspecified atom stereocenters. The van der Waals surface area contributed by atoms with Gasteiger partial charge in [0.15, 0.2) is 0 Å². The number of halogens is 1. The van der Waals surface area contributed by atoms with Gasteiger partial charge in [-0.3, -0.25) is 9.10 Å². The molecule has 0 aliphatic heterocycles. The van der Waals surface area contributed by atoms with E-state index in [1.54, 1.807) is 74.7 Å². The Kier molecular flexibility index (Phi) is 7.34. The predicted molar refractivity (Wildman–Crippen MR) is 144 cm³/mol. The first-order valence-corrected chi connectivity index (χ1v) is 13.7. The zero-order valence-electron chi connectivity index (χ0n) is 19.2. The molecule has 3 aromatic carbocycles. The molecule has 35 heavy (non-hydrogen) atoms. The highest BCUT2D eigenvalue weighted by Gasteiger charge is 2.24. The van der Waals surface area contributed by atoms with Crippen LogP contribution in [0.25, 0.3) is 10.1 Å². The van der Waals surface area contributed by atoms with Gasteiger partial charge in [0.25, 0.3) is 15.9 Å². The maximum atomic E-state index is 13.3. The van der Waals surface area contributed by atoms with Gasteiger partial charge in [-0.2, -0.15) is 0 Å². The summed E-state index contributed by atoms with van der Waals surface area (Å²) in [5.74, 6) is 0.816. The normalized spacial score (nSPS) is 11.3. The number of nitrogens with one attached hydrogen (secondary N) is 1. The average molecular weight is 576 g/mol. The standard InChI is InChI=1S/C25H23BrN2O5S2/c1-4-28(35(30,31)20-9-5-17(26)6-10-20)18-7-12-23-16(13-18)14-24(34-23)25(29)27-21-11-8-19(32-2)15-22(21)33-3/h5-15H,4H2,1-3H3,(H,27,29). The van der Waals surface area contributed by atoms with Gasteiger partial charge in [0.05, 0.1) is 35.4 Å². The van der Waals surface area contributed by atoms with E-state index in [0.717, 1.165) is 14.6 Å². The number of amides is 1. The predicted octanol–water partition coefficient (Wildman–Crippen LogP) is 6.15. The van der Waals surface area contributed by atoms with E-state index in [9.17, 15) is 13.2 Å². The third-order valence-electron chi connectivity index (χ3n) is 5.36. The molecule has 10 heteroatoms. The van der Waals surface area contributed by atoms with E-state index >= 15 is 0 Å². The molecule has 182 valence electrons. The summed E-state index contributed by atoms with van der Waals surface area (Å²) >= 11 is 4.66. The number of thiophene rings is 1. The minimum atomic E-state index is -3.74. The van der Waals surface area contributed by atoms with E-state index in [4.69, 9.17) is 9.47 Å². The maximum absolute atomic E-state index is 13.3. The van der Waals surface area contributed by atoms with E-state index in [0.29, 0.717) is 27.8 Å². The molecular formula is C25H23BrN2O5S2. The van der Waals surface area contributed by atoms with Crippen LogP contribution in [0.3, 0.4) is 0 Å². The summed E-state index contributed by atoms with van der Waals surface area (Å²) in [5.41, 5.74) is 1.05. The van der Waals surface area contributed by atoms with Gasteiger partial charge in [-0.05, 0) is 73.0 Å². The number of ether oxygens (including phenoxy) is 2. The topological polar surface area (TPSA) is 84.9 Å². The van der Waals surface area contributed by atoms with E-state index < -0.39 is 10.0 Å². The SMILES string of the molecule is CCN(c1ccc2sc(C(=O)Nc3ccc(OC)cc3OC)cc2c1)S(=O)(=O)c1ccc(Br)cc1. The number of anilines is 2. The van der Waals surface area contributed by atoms with E-state index in [1.165, 1.54) is 22.8 Å². The zero-order chi connectivity index (χ0) is 25.2. The summed E-state index contributed by atoms with van der Waals surface area (Å²) in [4.78, 5) is 13.7. The van der Waals surface area contributed by atoms with Crippen LogP contribution in [0.4, 0.5) is 11.4 Å². The maximum Gasteiger partial charge on any atom is 0.265 e. The lowest BCUT2D eigenvalue weighted by molar-refractivity contribution is 0.103. The summed E-state index contributed by atoms with van der Waals surface area (Å²) in [7, 11) is -0.662. The second-order valence-electron chi connectivity index (χ2n) is 7.48. The number of hydrogen-bond donors (Lipinski definition) is 1. The average Bonchev–Trinajstić information content (AvgIpc) is 3.28. The van der Waals surface area contributed by atoms with Crippen LogP contribution in [0.1, 0.15) is 16.6 Å². The Balaban J connectivity index is 1.62. The van der Waals surface area contributed by atoms with Crippen molar-refractivity contribution < 1.29 is 22.7 Å². The van der Waals surface area contributed by atoms with Gasteiger partial charge in [0.1, 0.15) is 11.5 Å². The van der Waals surface area contributed by atoms with Gasteiger partial charge in [-0.15, -0.1) is 11.3 Å². The molecule has 4 aromatic rings. The van der Waals surface area contributed by atoms with Crippen molar-refractivity contribution in [1.82, 2.24) is 0 Å². The van der Waals surface area contributed by atoms with Crippen molar-refractivity contribution in [2.75, 3.05) is 30.4 Å². The molecule has 0 radical (unpaired) electrons. The highest BCUT2D eigenvalue weighted by molar-refractivity contribution is 9.10. The van der Waals surface area contributed by atoms with Crippen molar-refractivity contribution in [3.8, 4) is 11.5 Å². The quantitative estimate of drug-likeness (QED) is 0.273.